The van der Waals surface area contributed by atoms with Gasteiger partial charge >= 0.3 is 12.1 Å². The molecule has 2 rings (SSSR count). The number of carboxylic acid groups (broad SMARTS) is 1. The fraction of sp³-hybridized carbons (Fsp3) is 0.529. The lowest BCUT2D eigenvalue weighted by molar-refractivity contribution is -0.141. The summed E-state index contributed by atoms with van der Waals surface area (Å²) >= 11 is 1.63. The van der Waals surface area contributed by atoms with Crippen LogP contribution in [0.25, 0.3) is 0 Å². The molecule has 1 saturated heterocycles. The molecule has 0 saturated carbocycles. The number of carboxylic acids is 1. The summed E-state index contributed by atoms with van der Waals surface area (Å²) in [5.74, 6) is 0.314. The molecule has 1 amide bonds. The Morgan fingerprint density at radius 3 is 2.76 bits per heavy atom. The minimum absolute atomic E-state index is 0.0770. The van der Waals surface area contributed by atoms with E-state index < -0.39 is 17.7 Å². The molecule has 4 nitrogen and oxygen atoms in total. The van der Waals surface area contributed by atoms with Crippen LogP contribution in [0.5, 0.6) is 0 Å². The maximum atomic E-state index is 12.7. The standard InChI is InChI=1S/C17H20F3NO3S/c18-17(19,20)13-5-1-3-12(9-13)4-2-6-15(22)21-7-8-25-11-14(21)10-16(23)24/h1,3,5,9,14H,2,4,6-8,10-11H2,(H,23,24). The number of rotatable bonds is 6. The molecule has 1 aromatic carbocycles. The van der Waals surface area contributed by atoms with E-state index >= 15 is 0 Å². The van der Waals surface area contributed by atoms with Crippen LogP contribution in [0.2, 0.25) is 0 Å². The second-order valence-electron chi connectivity index (χ2n) is 5.97. The van der Waals surface area contributed by atoms with E-state index in [-0.39, 0.29) is 24.8 Å². The van der Waals surface area contributed by atoms with Gasteiger partial charge in [0.05, 0.1) is 18.0 Å². The predicted octanol–water partition coefficient (Wildman–Crippen LogP) is 3.45. The lowest BCUT2D eigenvalue weighted by Crippen LogP contribution is -2.47. The van der Waals surface area contributed by atoms with Crippen molar-refractivity contribution in [1.82, 2.24) is 4.90 Å². The number of aliphatic carboxylic acids is 1. The molecule has 1 aliphatic rings. The number of aryl methyl sites for hydroxylation is 1. The second-order valence-corrected chi connectivity index (χ2v) is 7.12. The van der Waals surface area contributed by atoms with Crippen LogP contribution in [0.1, 0.15) is 30.4 Å². The van der Waals surface area contributed by atoms with E-state index in [9.17, 15) is 22.8 Å². The van der Waals surface area contributed by atoms with Gasteiger partial charge in [-0.1, -0.05) is 18.2 Å². The van der Waals surface area contributed by atoms with Crippen LogP contribution in [0, 0.1) is 0 Å². The van der Waals surface area contributed by atoms with Gasteiger partial charge in [-0.05, 0) is 24.5 Å². The molecule has 1 aliphatic heterocycles. The Balaban J connectivity index is 1.88. The summed E-state index contributed by atoms with van der Waals surface area (Å²) in [6, 6.07) is 4.80. The first-order chi connectivity index (χ1) is 11.8. The van der Waals surface area contributed by atoms with Crippen molar-refractivity contribution >= 4 is 23.6 Å². The molecule has 1 aromatic rings. The number of nitrogens with zero attached hydrogens (tertiary/aromatic N) is 1. The largest absolute Gasteiger partial charge is 0.481 e. The zero-order valence-corrected chi connectivity index (χ0v) is 14.4. The minimum atomic E-state index is -4.37. The molecule has 8 heteroatoms. The van der Waals surface area contributed by atoms with Gasteiger partial charge in [0.25, 0.3) is 0 Å². The van der Waals surface area contributed by atoms with Gasteiger partial charge < -0.3 is 10.0 Å². The van der Waals surface area contributed by atoms with Gasteiger partial charge in [-0.15, -0.1) is 0 Å². The van der Waals surface area contributed by atoms with E-state index in [1.807, 2.05) is 0 Å². The fourth-order valence-corrected chi connectivity index (χ4v) is 3.91. The van der Waals surface area contributed by atoms with E-state index in [0.29, 0.717) is 30.7 Å². The van der Waals surface area contributed by atoms with Crippen LogP contribution < -0.4 is 0 Å². The van der Waals surface area contributed by atoms with Crippen LogP contribution in [0.15, 0.2) is 24.3 Å². The monoisotopic (exact) mass is 375 g/mol. The highest BCUT2D eigenvalue weighted by molar-refractivity contribution is 7.99. The van der Waals surface area contributed by atoms with Gasteiger partial charge in [-0.2, -0.15) is 24.9 Å². The molecule has 1 fully saturated rings. The van der Waals surface area contributed by atoms with Crippen molar-refractivity contribution in [3.8, 4) is 0 Å². The minimum Gasteiger partial charge on any atom is -0.481 e. The van der Waals surface area contributed by atoms with Crippen LogP contribution in [0.3, 0.4) is 0 Å². The Morgan fingerprint density at radius 1 is 1.32 bits per heavy atom. The third kappa shape index (κ3) is 5.95. The molecule has 1 unspecified atom stereocenters. The van der Waals surface area contributed by atoms with Gasteiger partial charge in [-0.25, -0.2) is 0 Å². The number of alkyl halides is 3. The molecule has 0 aliphatic carbocycles. The number of hydrogen-bond donors (Lipinski definition) is 1. The summed E-state index contributed by atoms with van der Waals surface area (Å²) in [5, 5.41) is 8.94. The van der Waals surface area contributed by atoms with Crippen molar-refractivity contribution in [3.63, 3.8) is 0 Å². The van der Waals surface area contributed by atoms with Crippen LogP contribution >= 0.6 is 11.8 Å². The average Bonchev–Trinajstić information content (AvgIpc) is 2.54. The van der Waals surface area contributed by atoms with Gasteiger partial charge in [0, 0.05) is 24.5 Å². The lowest BCUT2D eigenvalue weighted by Gasteiger charge is -2.34. The molecule has 0 bridgehead atoms. The molecular formula is C17H20F3NO3S. The molecular weight excluding hydrogens is 355 g/mol. The first-order valence-electron chi connectivity index (χ1n) is 8.02. The summed E-state index contributed by atoms with van der Waals surface area (Å²) < 4.78 is 38.1. The van der Waals surface area contributed by atoms with Crippen molar-refractivity contribution in [2.45, 2.75) is 37.9 Å². The summed E-state index contributed by atoms with van der Waals surface area (Å²) in [7, 11) is 0. The van der Waals surface area contributed by atoms with Gasteiger partial charge in [0.2, 0.25) is 5.91 Å². The average molecular weight is 375 g/mol. The number of carbonyl (C=O) groups excluding carboxylic acids is 1. The Labute approximate surface area is 148 Å². The highest BCUT2D eigenvalue weighted by atomic mass is 32.2. The highest BCUT2D eigenvalue weighted by Crippen LogP contribution is 2.30. The third-order valence-electron chi connectivity index (χ3n) is 4.07. The third-order valence-corrected chi connectivity index (χ3v) is 5.16. The molecule has 1 atom stereocenters. The van der Waals surface area contributed by atoms with E-state index in [1.165, 1.54) is 6.07 Å². The first-order valence-corrected chi connectivity index (χ1v) is 9.18. The van der Waals surface area contributed by atoms with Crippen LogP contribution in [0.4, 0.5) is 13.2 Å². The number of hydrogen-bond acceptors (Lipinski definition) is 3. The molecule has 0 radical (unpaired) electrons. The lowest BCUT2D eigenvalue weighted by atomic mass is 10.0. The van der Waals surface area contributed by atoms with Gasteiger partial charge in [0.15, 0.2) is 0 Å². The smallest absolute Gasteiger partial charge is 0.416 e. The first kappa shape index (κ1) is 19.6. The summed E-state index contributed by atoms with van der Waals surface area (Å²) in [6.07, 6.45) is -3.43. The molecule has 25 heavy (non-hydrogen) atoms. The van der Waals surface area contributed by atoms with E-state index in [4.69, 9.17) is 5.11 Å². The maximum absolute atomic E-state index is 12.7. The van der Waals surface area contributed by atoms with Gasteiger partial charge in [-0.3, -0.25) is 9.59 Å². The number of halogens is 3. The topological polar surface area (TPSA) is 57.6 Å². The van der Waals surface area contributed by atoms with E-state index in [2.05, 4.69) is 0 Å². The van der Waals surface area contributed by atoms with Crippen molar-refractivity contribution < 1.29 is 27.9 Å². The van der Waals surface area contributed by atoms with Crippen molar-refractivity contribution in [2.24, 2.45) is 0 Å². The summed E-state index contributed by atoms with van der Waals surface area (Å²) in [5.41, 5.74) is -0.148. The Bertz CT molecular complexity index is 621. The predicted molar refractivity (Wildman–Crippen MR) is 89.5 cm³/mol. The van der Waals surface area contributed by atoms with Crippen LogP contribution in [-0.4, -0.2) is 46.0 Å². The molecule has 0 aromatic heterocycles. The van der Waals surface area contributed by atoms with Gasteiger partial charge in [0.1, 0.15) is 0 Å². The SMILES string of the molecule is O=C(O)CC1CSCCN1C(=O)CCCc1cccc(C(F)(F)F)c1. The number of amides is 1. The fourth-order valence-electron chi connectivity index (χ4n) is 2.84. The summed E-state index contributed by atoms with van der Waals surface area (Å²) in [6.45, 7) is 0.519. The Kier molecular flexibility index (Phi) is 6.75. The Morgan fingerprint density at radius 2 is 2.08 bits per heavy atom. The summed E-state index contributed by atoms with van der Waals surface area (Å²) in [4.78, 5) is 24.9. The highest BCUT2D eigenvalue weighted by Gasteiger charge is 2.30. The zero-order chi connectivity index (χ0) is 18.4. The van der Waals surface area contributed by atoms with Crippen molar-refractivity contribution in [3.05, 3.63) is 35.4 Å². The van der Waals surface area contributed by atoms with Crippen molar-refractivity contribution in [2.75, 3.05) is 18.1 Å². The van der Waals surface area contributed by atoms with Crippen LogP contribution in [-0.2, 0) is 22.2 Å². The molecule has 138 valence electrons. The molecule has 1 N–H and O–H groups in total. The zero-order valence-electron chi connectivity index (χ0n) is 13.6. The number of benzene rings is 1. The number of carbonyl (C=O) groups is 2. The normalized spacial score (nSPS) is 18.2. The van der Waals surface area contributed by atoms with Crippen molar-refractivity contribution in [1.29, 1.82) is 0 Å². The molecule has 1 heterocycles. The second kappa shape index (κ2) is 8.60. The number of thioether (sulfide) groups is 1. The quantitative estimate of drug-likeness (QED) is 0.828. The van der Waals surface area contributed by atoms with E-state index in [1.54, 1.807) is 22.7 Å². The van der Waals surface area contributed by atoms with E-state index in [0.717, 1.165) is 17.9 Å². The Hall–Kier alpha value is -1.70. The molecule has 0 spiro atoms. The maximum Gasteiger partial charge on any atom is 0.416 e.